The van der Waals surface area contributed by atoms with Gasteiger partial charge in [-0.25, -0.2) is 4.79 Å². The SMILES string of the molecule is CC(CCc1ccc(O)cc1)NC(=O)N1CCCC2CN(C)CCC21. The molecule has 2 fully saturated rings. The van der Waals surface area contributed by atoms with Crippen molar-refractivity contribution >= 4 is 6.03 Å². The van der Waals surface area contributed by atoms with E-state index in [1.165, 1.54) is 12.0 Å². The molecule has 25 heavy (non-hydrogen) atoms. The zero-order valence-electron chi connectivity index (χ0n) is 15.4. The average molecular weight is 345 g/mol. The van der Waals surface area contributed by atoms with Crippen molar-refractivity contribution in [3.05, 3.63) is 29.8 Å². The second-order valence-electron chi connectivity index (χ2n) is 7.77. The van der Waals surface area contributed by atoms with Crippen LogP contribution in [0.2, 0.25) is 0 Å². The summed E-state index contributed by atoms with van der Waals surface area (Å²) in [7, 11) is 2.18. The van der Waals surface area contributed by atoms with E-state index in [9.17, 15) is 9.90 Å². The summed E-state index contributed by atoms with van der Waals surface area (Å²) in [5.74, 6) is 0.924. The molecule has 3 rings (SSSR count). The van der Waals surface area contributed by atoms with Gasteiger partial charge in [0.2, 0.25) is 0 Å². The molecular weight excluding hydrogens is 314 g/mol. The number of likely N-dealkylation sites (tertiary alicyclic amines) is 2. The summed E-state index contributed by atoms with van der Waals surface area (Å²) in [4.78, 5) is 17.3. The molecule has 5 nitrogen and oxygen atoms in total. The molecular formula is C20H31N3O2. The van der Waals surface area contributed by atoms with Crippen LogP contribution in [0.25, 0.3) is 0 Å². The Morgan fingerprint density at radius 3 is 2.80 bits per heavy atom. The molecule has 2 heterocycles. The van der Waals surface area contributed by atoms with Gasteiger partial charge in [-0.15, -0.1) is 0 Å². The van der Waals surface area contributed by atoms with Crippen LogP contribution in [-0.4, -0.2) is 59.7 Å². The first-order valence-electron chi connectivity index (χ1n) is 9.56. The lowest BCUT2D eigenvalue weighted by atomic mass is 9.84. The predicted octanol–water partition coefficient (Wildman–Crippen LogP) is 2.84. The zero-order valence-corrected chi connectivity index (χ0v) is 15.4. The first kappa shape index (κ1) is 18.1. The number of aryl methyl sites for hydroxylation is 1. The van der Waals surface area contributed by atoms with Crippen LogP contribution in [-0.2, 0) is 6.42 Å². The molecule has 0 radical (unpaired) electrons. The fraction of sp³-hybridized carbons (Fsp3) is 0.650. The number of amides is 2. The predicted molar refractivity (Wildman–Crippen MR) is 99.8 cm³/mol. The van der Waals surface area contributed by atoms with Crippen LogP contribution in [0, 0.1) is 5.92 Å². The zero-order chi connectivity index (χ0) is 17.8. The van der Waals surface area contributed by atoms with Crippen LogP contribution in [0.15, 0.2) is 24.3 Å². The van der Waals surface area contributed by atoms with Gasteiger partial charge in [0.05, 0.1) is 0 Å². The van der Waals surface area contributed by atoms with Crippen molar-refractivity contribution in [1.82, 2.24) is 15.1 Å². The Morgan fingerprint density at radius 2 is 2.04 bits per heavy atom. The summed E-state index contributed by atoms with van der Waals surface area (Å²) in [5, 5.41) is 12.5. The second kappa shape index (κ2) is 8.09. The van der Waals surface area contributed by atoms with E-state index in [0.29, 0.717) is 17.7 Å². The maximum Gasteiger partial charge on any atom is 0.317 e. The lowest BCUT2D eigenvalue weighted by Crippen LogP contribution is -2.58. The van der Waals surface area contributed by atoms with Crippen LogP contribution in [0.3, 0.4) is 0 Å². The molecule has 2 aliphatic heterocycles. The monoisotopic (exact) mass is 345 g/mol. The number of benzene rings is 1. The van der Waals surface area contributed by atoms with Crippen LogP contribution >= 0.6 is 0 Å². The van der Waals surface area contributed by atoms with Gasteiger partial charge in [0.15, 0.2) is 0 Å². The fourth-order valence-electron chi connectivity index (χ4n) is 4.25. The highest BCUT2D eigenvalue weighted by Gasteiger charge is 2.37. The van der Waals surface area contributed by atoms with Gasteiger partial charge in [-0.1, -0.05) is 12.1 Å². The number of aromatic hydroxyl groups is 1. The summed E-state index contributed by atoms with van der Waals surface area (Å²) in [6.07, 6.45) is 5.26. The Labute approximate surface area is 151 Å². The third kappa shape index (κ3) is 4.66. The minimum Gasteiger partial charge on any atom is -0.508 e. The molecule has 0 spiro atoms. The smallest absolute Gasteiger partial charge is 0.317 e. The van der Waals surface area contributed by atoms with Gasteiger partial charge in [-0.2, -0.15) is 0 Å². The van der Waals surface area contributed by atoms with Crippen LogP contribution < -0.4 is 5.32 Å². The highest BCUT2D eigenvalue weighted by atomic mass is 16.3. The quantitative estimate of drug-likeness (QED) is 0.882. The van der Waals surface area contributed by atoms with Gasteiger partial charge in [0.1, 0.15) is 5.75 Å². The molecule has 2 saturated heterocycles. The molecule has 1 aromatic rings. The molecule has 2 N–H and O–H groups in total. The molecule has 1 aromatic carbocycles. The average Bonchev–Trinajstić information content (AvgIpc) is 2.60. The maximum atomic E-state index is 12.8. The largest absolute Gasteiger partial charge is 0.508 e. The van der Waals surface area contributed by atoms with Crippen LogP contribution in [0.5, 0.6) is 5.75 Å². The van der Waals surface area contributed by atoms with E-state index in [1.54, 1.807) is 12.1 Å². The van der Waals surface area contributed by atoms with Crippen molar-refractivity contribution in [2.75, 3.05) is 26.7 Å². The molecule has 3 atom stereocenters. The van der Waals surface area contributed by atoms with E-state index >= 15 is 0 Å². The molecule has 0 aromatic heterocycles. The standard InChI is InChI=1S/C20H31N3O2/c1-15(5-6-16-7-9-18(24)10-8-16)21-20(25)23-12-3-4-17-14-22(2)13-11-19(17)23/h7-10,15,17,19,24H,3-6,11-14H2,1-2H3,(H,21,25). The normalized spacial score (nSPS) is 25.3. The first-order valence-corrected chi connectivity index (χ1v) is 9.56. The van der Waals surface area contributed by atoms with Gasteiger partial charge in [0.25, 0.3) is 0 Å². The lowest BCUT2D eigenvalue weighted by molar-refractivity contribution is 0.0525. The third-order valence-corrected chi connectivity index (χ3v) is 5.70. The molecule has 5 heteroatoms. The summed E-state index contributed by atoms with van der Waals surface area (Å²) in [6.45, 7) is 5.17. The number of nitrogens with one attached hydrogen (secondary N) is 1. The Bertz CT molecular complexity index is 575. The number of carbonyl (C=O) groups is 1. The van der Waals surface area contributed by atoms with Gasteiger partial charge >= 0.3 is 6.03 Å². The summed E-state index contributed by atoms with van der Waals surface area (Å²) >= 11 is 0. The van der Waals surface area contributed by atoms with Gasteiger partial charge in [-0.3, -0.25) is 0 Å². The van der Waals surface area contributed by atoms with E-state index in [2.05, 4.69) is 29.1 Å². The van der Waals surface area contributed by atoms with Crippen molar-refractivity contribution in [3.8, 4) is 5.75 Å². The highest BCUT2D eigenvalue weighted by molar-refractivity contribution is 5.75. The van der Waals surface area contributed by atoms with Gasteiger partial charge in [0, 0.05) is 25.2 Å². The van der Waals surface area contributed by atoms with Gasteiger partial charge in [-0.05, 0) is 76.2 Å². The molecule has 0 bridgehead atoms. The van der Waals surface area contributed by atoms with E-state index in [1.807, 2.05) is 12.1 Å². The summed E-state index contributed by atoms with van der Waals surface area (Å²) < 4.78 is 0. The molecule has 2 aliphatic rings. The number of piperidine rings is 2. The van der Waals surface area contributed by atoms with Crippen molar-refractivity contribution < 1.29 is 9.90 Å². The maximum absolute atomic E-state index is 12.8. The fourth-order valence-corrected chi connectivity index (χ4v) is 4.25. The molecule has 0 aliphatic carbocycles. The van der Waals surface area contributed by atoms with Crippen LogP contribution in [0.1, 0.15) is 38.2 Å². The minimum atomic E-state index is 0.109. The number of rotatable bonds is 4. The second-order valence-corrected chi connectivity index (χ2v) is 7.77. The summed E-state index contributed by atoms with van der Waals surface area (Å²) in [5.41, 5.74) is 1.19. The highest BCUT2D eigenvalue weighted by Crippen LogP contribution is 2.30. The van der Waals surface area contributed by atoms with Crippen LogP contribution in [0.4, 0.5) is 4.79 Å². The Balaban J connectivity index is 1.49. The number of hydrogen-bond acceptors (Lipinski definition) is 3. The number of urea groups is 1. The Morgan fingerprint density at radius 1 is 1.28 bits per heavy atom. The topological polar surface area (TPSA) is 55.8 Å². The van der Waals surface area contributed by atoms with Crippen molar-refractivity contribution in [2.45, 2.75) is 51.1 Å². The van der Waals surface area contributed by atoms with Gasteiger partial charge < -0.3 is 20.2 Å². The number of hydrogen-bond donors (Lipinski definition) is 2. The number of nitrogens with zero attached hydrogens (tertiary/aromatic N) is 2. The molecule has 2 amide bonds. The molecule has 0 saturated carbocycles. The number of phenolic OH excluding ortho intramolecular Hbond substituents is 1. The minimum absolute atomic E-state index is 0.109. The van der Waals surface area contributed by atoms with Crippen molar-refractivity contribution in [3.63, 3.8) is 0 Å². The molecule has 138 valence electrons. The number of phenols is 1. The number of carbonyl (C=O) groups excluding carboxylic acids is 1. The Kier molecular flexibility index (Phi) is 5.84. The van der Waals surface area contributed by atoms with E-state index in [-0.39, 0.29) is 12.1 Å². The van der Waals surface area contributed by atoms with E-state index in [0.717, 1.165) is 45.3 Å². The van der Waals surface area contributed by atoms with E-state index < -0.39 is 0 Å². The first-order chi connectivity index (χ1) is 12.0. The lowest BCUT2D eigenvalue weighted by Gasteiger charge is -2.46. The number of fused-ring (bicyclic) bond motifs is 1. The third-order valence-electron chi connectivity index (χ3n) is 5.70. The van der Waals surface area contributed by atoms with Crippen molar-refractivity contribution in [2.24, 2.45) is 5.92 Å². The van der Waals surface area contributed by atoms with E-state index in [4.69, 9.17) is 0 Å². The molecule has 3 unspecified atom stereocenters. The summed E-state index contributed by atoms with van der Waals surface area (Å²) in [6, 6.07) is 7.98. The Hall–Kier alpha value is -1.75. The van der Waals surface area contributed by atoms with Crippen molar-refractivity contribution in [1.29, 1.82) is 0 Å².